The third kappa shape index (κ3) is 7.67. The van der Waals surface area contributed by atoms with Crippen molar-refractivity contribution in [2.75, 3.05) is 23.9 Å². The van der Waals surface area contributed by atoms with E-state index in [2.05, 4.69) is 121 Å². The van der Waals surface area contributed by atoms with Crippen molar-refractivity contribution < 1.29 is 14.4 Å². The summed E-state index contributed by atoms with van der Waals surface area (Å²) in [7, 11) is 3.97. The lowest BCUT2D eigenvalue weighted by Crippen LogP contribution is -2.74. The Bertz CT molecular complexity index is 1940. The van der Waals surface area contributed by atoms with Crippen LogP contribution < -0.4 is 41.2 Å². The lowest BCUT2D eigenvalue weighted by molar-refractivity contribution is -0.876. The van der Waals surface area contributed by atoms with Crippen molar-refractivity contribution in [2.45, 2.75) is 13.8 Å². The Morgan fingerprint density at radius 2 is 0.750 bits per heavy atom. The third-order valence-corrected chi connectivity index (χ3v) is 9.45. The van der Waals surface area contributed by atoms with E-state index in [4.69, 9.17) is 4.84 Å². The van der Waals surface area contributed by atoms with Crippen LogP contribution in [0.5, 0.6) is 0 Å². The molecule has 0 aliphatic heterocycles. The zero-order valence-corrected chi connectivity index (χ0v) is 30.2. The van der Waals surface area contributed by atoms with Gasteiger partial charge in [0.25, 0.3) is 0 Å². The number of rotatable bonds is 8. The number of para-hydroxylation sites is 2. The number of hydrogen-bond donors (Lipinski definition) is 0. The zero-order chi connectivity index (χ0) is 36.3. The number of pyridine rings is 1. The SMILES string of the molecule is Cc1cc(N(C)C)cc(C)[n+]1OC(=O)N(c1ccccc1)c1ccccc1.c1ccc([B-](c2ccccc2)(c2ccccc2)c2ccccc2)cc1. The second kappa shape index (κ2) is 16.5. The van der Waals surface area contributed by atoms with Gasteiger partial charge in [-0.05, 0) is 24.3 Å². The molecule has 6 aromatic carbocycles. The minimum absolute atomic E-state index is 0.471. The smallest absolute Gasteiger partial charge is 0.377 e. The van der Waals surface area contributed by atoms with Crippen LogP contribution in [0, 0.1) is 13.8 Å². The number of carbonyl (C=O) groups is 1. The molecule has 1 aromatic heterocycles. The Labute approximate surface area is 307 Å². The van der Waals surface area contributed by atoms with Crippen LogP contribution in [0.15, 0.2) is 194 Å². The second-order valence-corrected chi connectivity index (χ2v) is 13.1. The van der Waals surface area contributed by atoms with Gasteiger partial charge < -0.3 is 4.90 Å². The van der Waals surface area contributed by atoms with Crippen LogP contribution in [0.25, 0.3) is 0 Å². The van der Waals surface area contributed by atoms with Crippen molar-refractivity contribution in [3.05, 3.63) is 206 Å². The molecule has 6 heteroatoms. The van der Waals surface area contributed by atoms with E-state index in [-0.39, 0.29) is 0 Å². The van der Waals surface area contributed by atoms with Crippen LogP contribution in [0.4, 0.5) is 21.9 Å². The van der Waals surface area contributed by atoms with E-state index in [0.717, 1.165) is 28.5 Å². The average molecular weight is 682 g/mol. The number of aromatic nitrogens is 1. The maximum absolute atomic E-state index is 13.1. The molecule has 1 amide bonds. The van der Waals surface area contributed by atoms with Gasteiger partial charge >= 0.3 is 6.09 Å². The largest absolute Gasteiger partial charge is 0.487 e. The molecule has 5 nitrogen and oxygen atoms in total. The van der Waals surface area contributed by atoms with Crippen LogP contribution in [0.2, 0.25) is 0 Å². The van der Waals surface area contributed by atoms with E-state index in [0.29, 0.717) is 0 Å². The molecular weight excluding hydrogens is 637 g/mol. The number of carbonyl (C=O) groups excluding carboxylic acids is 1. The molecule has 0 aliphatic rings. The van der Waals surface area contributed by atoms with Crippen LogP contribution in [0.3, 0.4) is 0 Å². The predicted octanol–water partition coefficient (Wildman–Crippen LogP) is 7.11. The Kier molecular flexibility index (Phi) is 11.3. The van der Waals surface area contributed by atoms with E-state index in [1.807, 2.05) is 106 Å². The van der Waals surface area contributed by atoms with Crippen LogP contribution in [-0.2, 0) is 0 Å². The van der Waals surface area contributed by atoms with Crippen molar-refractivity contribution >= 4 is 51.2 Å². The molecule has 0 saturated heterocycles. The number of hydrogen-bond acceptors (Lipinski definition) is 3. The second-order valence-electron chi connectivity index (χ2n) is 13.1. The third-order valence-electron chi connectivity index (χ3n) is 9.45. The fourth-order valence-electron chi connectivity index (χ4n) is 7.02. The molecule has 0 spiro atoms. The first-order chi connectivity index (χ1) is 25.4. The fourth-order valence-corrected chi connectivity index (χ4v) is 7.02. The van der Waals surface area contributed by atoms with Gasteiger partial charge in [-0.1, -0.05) is 158 Å². The lowest BCUT2D eigenvalue weighted by Gasteiger charge is -2.44. The number of aryl methyl sites for hydroxylation is 2. The summed E-state index contributed by atoms with van der Waals surface area (Å²) in [6.07, 6.45) is -1.69. The quantitative estimate of drug-likeness (QED) is 0.127. The maximum atomic E-state index is 13.1. The van der Waals surface area contributed by atoms with Crippen molar-refractivity contribution in [1.82, 2.24) is 0 Å². The molecule has 0 atom stereocenters. The van der Waals surface area contributed by atoms with Crippen molar-refractivity contribution in [3.8, 4) is 0 Å². The molecule has 0 saturated carbocycles. The van der Waals surface area contributed by atoms with Crippen LogP contribution in [0.1, 0.15) is 11.4 Å². The van der Waals surface area contributed by atoms with Crippen LogP contribution in [-0.4, -0.2) is 26.3 Å². The van der Waals surface area contributed by atoms with E-state index in [1.54, 1.807) is 9.63 Å². The summed E-state index contributed by atoms with van der Waals surface area (Å²) in [5, 5.41) is 0. The van der Waals surface area contributed by atoms with Crippen molar-refractivity contribution in [1.29, 1.82) is 0 Å². The molecule has 0 bridgehead atoms. The highest BCUT2D eigenvalue weighted by molar-refractivity contribution is 7.19. The molecule has 1 heterocycles. The Balaban J connectivity index is 0.000000179. The maximum Gasteiger partial charge on any atom is 0.487 e. The molecule has 0 aliphatic carbocycles. The van der Waals surface area contributed by atoms with Gasteiger partial charge in [0.2, 0.25) is 11.4 Å². The molecule has 7 rings (SSSR count). The molecule has 7 aromatic rings. The summed E-state index contributed by atoms with van der Waals surface area (Å²) < 4.78 is 1.56. The minimum Gasteiger partial charge on any atom is -0.377 e. The number of nitrogens with zero attached hydrogens (tertiary/aromatic N) is 3. The molecule has 52 heavy (non-hydrogen) atoms. The van der Waals surface area contributed by atoms with Gasteiger partial charge in [-0.3, -0.25) is 0 Å². The number of amides is 1. The Hall–Kier alpha value is -6.40. The summed E-state index contributed by atoms with van der Waals surface area (Å²) in [5.74, 6) is 0. The van der Waals surface area contributed by atoms with E-state index in [9.17, 15) is 4.79 Å². The summed E-state index contributed by atoms with van der Waals surface area (Å²) in [5.41, 5.74) is 9.58. The zero-order valence-electron chi connectivity index (χ0n) is 30.2. The topological polar surface area (TPSA) is 36.7 Å². The first-order valence-corrected chi connectivity index (χ1v) is 17.6. The van der Waals surface area contributed by atoms with E-state index < -0.39 is 12.2 Å². The van der Waals surface area contributed by atoms with E-state index in [1.165, 1.54) is 21.9 Å². The summed E-state index contributed by atoms with van der Waals surface area (Å²) in [6.45, 7) is 3.84. The van der Waals surface area contributed by atoms with Gasteiger partial charge in [-0.15, -0.1) is 0 Å². The number of anilines is 3. The highest BCUT2D eigenvalue weighted by Crippen LogP contribution is 2.25. The summed E-state index contributed by atoms with van der Waals surface area (Å²) in [4.78, 5) is 22.5. The average Bonchev–Trinajstić information content (AvgIpc) is 3.19. The fraction of sp³-hybridized carbons (Fsp3) is 0.0870. The normalized spacial score (nSPS) is 10.8. The summed E-state index contributed by atoms with van der Waals surface area (Å²) >= 11 is 0. The minimum atomic E-state index is -1.22. The monoisotopic (exact) mass is 681 g/mol. The molecular formula is C46H44BN3O2. The molecule has 0 N–H and O–H groups in total. The molecule has 0 unspecified atom stereocenters. The summed E-state index contributed by atoms with van der Waals surface area (Å²) in [6, 6.07) is 66.4. The van der Waals surface area contributed by atoms with Gasteiger partial charge in [-0.2, -0.15) is 26.7 Å². The Morgan fingerprint density at radius 1 is 0.462 bits per heavy atom. The standard InChI is InChI=1S/C24H20B.C22H24N3O2/c1-5-13-21(14-6-1)25(22-15-7-2-8-16-22,23-17-9-3-10-18-23)24-19-11-4-12-20-24;1-17-15-21(23(3)4)16-18(2)25(17)27-22(26)24(19-11-7-5-8-12-19)20-13-9-6-10-14-20/h1-20H;5-16H,1-4H3/q-1;+1. The number of benzene rings is 6. The molecule has 0 radical (unpaired) electrons. The van der Waals surface area contributed by atoms with Crippen molar-refractivity contribution in [2.24, 2.45) is 0 Å². The van der Waals surface area contributed by atoms with Crippen molar-refractivity contribution in [3.63, 3.8) is 0 Å². The van der Waals surface area contributed by atoms with Gasteiger partial charge in [-0.25, -0.2) is 9.69 Å². The molecule has 0 fully saturated rings. The predicted molar refractivity (Wildman–Crippen MR) is 217 cm³/mol. The van der Waals surface area contributed by atoms with Gasteiger partial charge in [0, 0.05) is 50.5 Å². The first-order valence-electron chi connectivity index (χ1n) is 17.6. The van der Waals surface area contributed by atoms with Gasteiger partial charge in [0.1, 0.15) is 6.15 Å². The lowest BCUT2D eigenvalue weighted by atomic mass is 9.13. The van der Waals surface area contributed by atoms with Crippen LogP contribution >= 0.6 is 0 Å². The van der Waals surface area contributed by atoms with Gasteiger partial charge in [0.05, 0.1) is 11.4 Å². The van der Waals surface area contributed by atoms with E-state index >= 15 is 0 Å². The molecule has 258 valence electrons. The van der Waals surface area contributed by atoms with Gasteiger partial charge in [0.15, 0.2) is 0 Å². The highest BCUT2D eigenvalue weighted by atomic mass is 16.7. The Morgan fingerprint density at radius 3 is 1.04 bits per heavy atom. The highest BCUT2D eigenvalue weighted by Gasteiger charge is 2.31. The first kappa shape index (κ1) is 35.4.